The molecule has 0 unspecified atom stereocenters. The Morgan fingerprint density at radius 1 is 1.29 bits per heavy atom. The van der Waals surface area contributed by atoms with E-state index in [0.717, 1.165) is 14.6 Å². The van der Waals surface area contributed by atoms with Gasteiger partial charge in [0, 0.05) is 12.4 Å². The molecule has 0 aliphatic rings. The molecule has 0 saturated heterocycles. The highest BCUT2D eigenvalue weighted by Crippen LogP contribution is 2.19. The molecule has 0 spiro atoms. The van der Waals surface area contributed by atoms with E-state index in [1.54, 1.807) is 36.1 Å². The Kier molecular flexibility index (Phi) is 3.05. The minimum atomic E-state index is 0.676. The molecule has 0 bridgehead atoms. The lowest BCUT2D eigenvalue weighted by Gasteiger charge is -2.00. The number of anilines is 1. The zero-order chi connectivity index (χ0) is 9.80. The zero-order valence-corrected chi connectivity index (χ0v) is 9.55. The Balaban J connectivity index is 1.95. The van der Waals surface area contributed by atoms with Gasteiger partial charge in [-0.1, -0.05) is 0 Å². The summed E-state index contributed by atoms with van der Waals surface area (Å²) >= 11 is 4.96. The van der Waals surface area contributed by atoms with Gasteiger partial charge in [0.2, 0.25) is 0 Å². The second-order valence-electron chi connectivity index (χ2n) is 2.50. The highest BCUT2D eigenvalue weighted by atomic mass is 79.9. The van der Waals surface area contributed by atoms with Gasteiger partial charge in [0.05, 0.1) is 22.7 Å². The summed E-state index contributed by atoms with van der Waals surface area (Å²) in [6, 6.07) is 0. The standard InChI is InChI=1S/C8H7BrN4S/c9-6-3-13-8(14-6)5-12-7-4-10-1-2-11-7/h1-4H,5H2,(H,11,12). The van der Waals surface area contributed by atoms with Gasteiger partial charge >= 0.3 is 0 Å². The van der Waals surface area contributed by atoms with Crippen molar-refractivity contribution >= 4 is 33.1 Å². The molecule has 0 amide bonds. The molecule has 0 aliphatic heterocycles. The molecule has 2 aromatic rings. The van der Waals surface area contributed by atoms with Crippen LogP contribution in [0.5, 0.6) is 0 Å². The SMILES string of the molecule is Brc1cnc(CNc2cnccn2)s1. The van der Waals surface area contributed by atoms with Crippen LogP contribution in [0.3, 0.4) is 0 Å². The van der Waals surface area contributed by atoms with E-state index >= 15 is 0 Å². The summed E-state index contributed by atoms with van der Waals surface area (Å²) in [5.41, 5.74) is 0. The maximum absolute atomic E-state index is 4.19. The average Bonchev–Trinajstić information content (AvgIpc) is 2.63. The Morgan fingerprint density at radius 3 is 2.86 bits per heavy atom. The minimum absolute atomic E-state index is 0.676. The van der Waals surface area contributed by atoms with Crippen LogP contribution in [0.4, 0.5) is 5.82 Å². The van der Waals surface area contributed by atoms with Gasteiger partial charge in [-0.25, -0.2) is 9.97 Å². The first kappa shape index (κ1) is 9.54. The number of hydrogen-bond acceptors (Lipinski definition) is 5. The zero-order valence-electron chi connectivity index (χ0n) is 7.14. The van der Waals surface area contributed by atoms with Crippen LogP contribution in [-0.4, -0.2) is 15.0 Å². The van der Waals surface area contributed by atoms with Crippen LogP contribution in [0.1, 0.15) is 5.01 Å². The van der Waals surface area contributed by atoms with Gasteiger partial charge < -0.3 is 5.32 Å². The maximum Gasteiger partial charge on any atom is 0.144 e. The molecule has 2 heterocycles. The molecule has 0 aromatic carbocycles. The highest BCUT2D eigenvalue weighted by molar-refractivity contribution is 9.11. The predicted molar refractivity (Wildman–Crippen MR) is 59.2 cm³/mol. The molecule has 0 aliphatic carbocycles. The third-order valence-corrected chi connectivity index (χ3v) is 2.99. The summed E-state index contributed by atoms with van der Waals surface area (Å²) in [7, 11) is 0. The van der Waals surface area contributed by atoms with Crippen LogP contribution in [-0.2, 0) is 6.54 Å². The molecule has 0 saturated carbocycles. The van der Waals surface area contributed by atoms with Crippen molar-refractivity contribution < 1.29 is 0 Å². The van der Waals surface area contributed by atoms with Gasteiger partial charge in [-0.3, -0.25) is 4.98 Å². The molecule has 1 N–H and O–H groups in total. The summed E-state index contributed by atoms with van der Waals surface area (Å²) in [4.78, 5) is 12.2. The third kappa shape index (κ3) is 2.49. The van der Waals surface area contributed by atoms with Gasteiger partial charge in [-0.2, -0.15) is 0 Å². The molecule has 2 aromatic heterocycles. The first-order valence-corrected chi connectivity index (χ1v) is 5.55. The quantitative estimate of drug-likeness (QED) is 0.930. The van der Waals surface area contributed by atoms with Crippen molar-refractivity contribution in [1.29, 1.82) is 0 Å². The molecule has 0 radical (unpaired) electrons. The Bertz CT molecular complexity index is 403. The van der Waals surface area contributed by atoms with Crippen molar-refractivity contribution in [3.05, 3.63) is 33.6 Å². The van der Waals surface area contributed by atoms with E-state index in [0.29, 0.717) is 6.54 Å². The van der Waals surface area contributed by atoms with Crippen molar-refractivity contribution in [2.45, 2.75) is 6.54 Å². The number of aromatic nitrogens is 3. The number of rotatable bonds is 3. The largest absolute Gasteiger partial charge is 0.362 e. The lowest BCUT2D eigenvalue weighted by atomic mass is 10.6. The van der Waals surface area contributed by atoms with Gasteiger partial charge in [0.1, 0.15) is 10.8 Å². The van der Waals surface area contributed by atoms with Crippen LogP contribution in [0, 0.1) is 0 Å². The monoisotopic (exact) mass is 270 g/mol. The summed E-state index contributed by atoms with van der Waals surface area (Å²) in [5.74, 6) is 0.763. The van der Waals surface area contributed by atoms with Crippen molar-refractivity contribution in [3.63, 3.8) is 0 Å². The van der Waals surface area contributed by atoms with Crippen LogP contribution in [0.2, 0.25) is 0 Å². The van der Waals surface area contributed by atoms with Gasteiger partial charge in [-0.05, 0) is 15.9 Å². The fraction of sp³-hybridized carbons (Fsp3) is 0.125. The first-order chi connectivity index (χ1) is 6.84. The smallest absolute Gasteiger partial charge is 0.144 e. The molecular formula is C8H7BrN4S. The minimum Gasteiger partial charge on any atom is -0.362 e. The van der Waals surface area contributed by atoms with E-state index in [9.17, 15) is 0 Å². The fourth-order valence-corrected chi connectivity index (χ4v) is 2.17. The molecule has 14 heavy (non-hydrogen) atoms. The second-order valence-corrected chi connectivity index (χ2v) is 5.00. The summed E-state index contributed by atoms with van der Waals surface area (Å²) in [6.07, 6.45) is 6.77. The first-order valence-electron chi connectivity index (χ1n) is 3.95. The van der Waals surface area contributed by atoms with Crippen LogP contribution in [0.25, 0.3) is 0 Å². The van der Waals surface area contributed by atoms with Crippen LogP contribution in [0.15, 0.2) is 28.6 Å². The third-order valence-electron chi connectivity index (χ3n) is 1.51. The number of nitrogens with one attached hydrogen (secondary N) is 1. The molecule has 4 nitrogen and oxygen atoms in total. The Hall–Kier alpha value is -1.01. The van der Waals surface area contributed by atoms with Gasteiger partial charge in [-0.15, -0.1) is 11.3 Å². The van der Waals surface area contributed by atoms with E-state index in [1.165, 1.54) is 0 Å². The highest BCUT2D eigenvalue weighted by Gasteiger charge is 1.99. The normalized spacial score (nSPS) is 10.1. The Labute approximate surface area is 93.6 Å². The molecular weight excluding hydrogens is 264 g/mol. The van der Waals surface area contributed by atoms with Crippen molar-refractivity contribution in [3.8, 4) is 0 Å². The summed E-state index contributed by atoms with van der Waals surface area (Å²) < 4.78 is 1.04. The average molecular weight is 271 g/mol. The van der Waals surface area contributed by atoms with E-state index < -0.39 is 0 Å². The van der Waals surface area contributed by atoms with Gasteiger partial charge in [0.15, 0.2) is 0 Å². The van der Waals surface area contributed by atoms with E-state index in [2.05, 4.69) is 36.2 Å². The van der Waals surface area contributed by atoms with Crippen LogP contribution < -0.4 is 5.32 Å². The Morgan fingerprint density at radius 2 is 2.21 bits per heavy atom. The molecule has 6 heteroatoms. The van der Waals surface area contributed by atoms with Crippen molar-refractivity contribution in [2.75, 3.05) is 5.32 Å². The number of thiazole rings is 1. The summed E-state index contributed by atoms with van der Waals surface area (Å²) in [5, 5.41) is 4.14. The second kappa shape index (κ2) is 4.47. The lowest BCUT2D eigenvalue weighted by Crippen LogP contribution is -2.00. The molecule has 0 atom stereocenters. The maximum atomic E-state index is 4.19. The van der Waals surface area contributed by atoms with E-state index in [-0.39, 0.29) is 0 Å². The molecule has 2 rings (SSSR count). The van der Waals surface area contributed by atoms with E-state index in [1.807, 2.05) is 0 Å². The predicted octanol–water partition coefficient (Wildman–Crippen LogP) is 2.31. The van der Waals surface area contributed by atoms with Crippen LogP contribution >= 0.6 is 27.3 Å². The molecule has 72 valence electrons. The van der Waals surface area contributed by atoms with E-state index in [4.69, 9.17) is 0 Å². The summed E-state index contributed by atoms with van der Waals surface area (Å²) in [6.45, 7) is 0.676. The lowest BCUT2D eigenvalue weighted by molar-refractivity contribution is 1.06. The molecule has 0 fully saturated rings. The van der Waals surface area contributed by atoms with Crippen molar-refractivity contribution in [2.24, 2.45) is 0 Å². The van der Waals surface area contributed by atoms with Crippen molar-refractivity contribution in [1.82, 2.24) is 15.0 Å². The number of halogens is 1. The number of hydrogen-bond donors (Lipinski definition) is 1. The van der Waals surface area contributed by atoms with Gasteiger partial charge in [0.25, 0.3) is 0 Å². The fourth-order valence-electron chi connectivity index (χ4n) is 0.926. The topological polar surface area (TPSA) is 50.7 Å². The number of nitrogens with zero attached hydrogens (tertiary/aromatic N) is 3.